The molecule has 2 aliphatic rings. The smallest absolute Gasteiger partial charge is 0.0751 e. The number of anilines is 3. The third-order valence-electron chi connectivity index (χ3n) is 11.0. The highest BCUT2D eigenvalue weighted by atomic mass is 32.4. The number of hydrogen-bond acceptors (Lipinski definition) is 5. The molecule has 2 atom stereocenters. The number of fused-ring (bicyclic) bond motifs is 4. The molecular weight excluding hydrogens is 735 g/mol. The molecular formula is C46H40N4P2S2. The van der Waals surface area contributed by atoms with Gasteiger partial charge in [0.2, 0.25) is 0 Å². The van der Waals surface area contributed by atoms with Gasteiger partial charge < -0.3 is 4.90 Å². The maximum atomic E-state index is 7.13. The molecule has 0 saturated carbocycles. The van der Waals surface area contributed by atoms with Gasteiger partial charge in [-0.3, -0.25) is 14.6 Å². The fourth-order valence-electron chi connectivity index (χ4n) is 8.30. The Kier molecular flexibility index (Phi) is 8.89. The largest absolute Gasteiger partial charge is 0.308 e. The summed E-state index contributed by atoms with van der Waals surface area (Å²) in [6.07, 6.45) is 4.93. The lowest BCUT2D eigenvalue weighted by atomic mass is 9.98. The minimum atomic E-state index is -2.47. The molecule has 0 fully saturated rings. The summed E-state index contributed by atoms with van der Waals surface area (Å²) in [5, 5.41) is 5.01. The van der Waals surface area contributed by atoms with Crippen LogP contribution in [-0.4, -0.2) is 34.4 Å². The van der Waals surface area contributed by atoms with Crippen molar-refractivity contribution in [3.63, 3.8) is 0 Å². The Bertz CT molecular complexity index is 2690. The van der Waals surface area contributed by atoms with Crippen LogP contribution in [-0.2, 0) is 23.6 Å². The van der Waals surface area contributed by atoms with Gasteiger partial charge >= 0.3 is 0 Å². The van der Waals surface area contributed by atoms with Crippen molar-refractivity contribution in [1.82, 2.24) is 14.6 Å². The van der Waals surface area contributed by atoms with E-state index in [0.29, 0.717) is 0 Å². The lowest BCUT2D eigenvalue weighted by molar-refractivity contribution is 0.513. The lowest BCUT2D eigenvalue weighted by Gasteiger charge is -2.48. The minimum Gasteiger partial charge on any atom is -0.308 e. The van der Waals surface area contributed by atoms with E-state index in [2.05, 4.69) is 168 Å². The van der Waals surface area contributed by atoms with Crippen molar-refractivity contribution in [3.8, 4) is 44.5 Å². The first-order chi connectivity index (χ1) is 26.2. The molecule has 2 aliphatic heterocycles. The predicted molar refractivity (Wildman–Crippen MR) is 239 cm³/mol. The molecule has 2 aromatic heterocycles. The zero-order valence-corrected chi connectivity index (χ0v) is 34.2. The van der Waals surface area contributed by atoms with Gasteiger partial charge in [0, 0.05) is 65.1 Å². The van der Waals surface area contributed by atoms with Crippen molar-refractivity contribution in [2.75, 3.05) is 24.7 Å². The summed E-state index contributed by atoms with van der Waals surface area (Å²) in [6, 6.07) is 42.3. The molecule has 4 nitrogen and oxygen atoms in total. The van der Waals surface area contributed by atoms with Gasteiger partial charge in [0.1, 0.15) is 0 Å². The lowest BCUT2D eigenvalue weighted by Crippen LogP contribution is -2.46. The van der Waals surface area contributed by atoms with E-state index in [1.54, 1.807) is 0 Å². The van der Waals surface area contributed by atoms with E-state index in [4.69, 9.17) is 23.6 Å². The van der Waals surface area contributed by atoms with Crippen molar-refractivity contribution >= 4 is 74.1 Å². The zero-order chi connectivity index (χ0) is 37.2. The second-order valence-electron chi connectivity index (χ2n) is 14.2. The number of benzene rings is 5. The van der Waals surface area contributed by atoms with Gasteiger partial charge in [-0.25, -0.2) is 0 Å². The molecule has 0 bridgehead atoms. The van der Waals surface area contributed by atoms with Crippen LogP contribution in [0.3, 0.4) is 0 Å². The molecule has 54 heavy (non-hydrogen) atoms. The van der Waals surface area contributed by atoms with Crippen molar-refractivity contribution in [2.24, 2.45) is 0 Å². The van der Waals surface area contributed by atoms with Gasteiger partial charge in [-0.2, -0.15) is 0 Å². The third-order valence-corrected chi connectivity index (χ3v) is 19.9. The molecule has 8 heteroatoms. The maximum Gasteiger partial charge on any atom is 0.0751 e. The second-order valence-corrected chi connectivity index (χ2v) is 23.4. The Morgan fingerprint density at radius 2 is 0.963 bits per heavy atom. The van der Waals surface area contributed by atoms with E-state index in [1.165, 1.54) is 77.2 Å². The Morgan fingerprint density at radius 1 is 0.519 bits per heavy atom. The predicted octanol–water partition coefficient (Wildman–Crippen LogP) is 10.3. The fourth-order valence-corrected chi connectivity index (χ4v) is 16.5. The summed E-state index contributed by atoms with van der Waals surface area (Å²) in [6.45, 7) is 10.8. The van der Waals surface area contributed by atoms with Crippen LogP contribution in [0.5, 0.6) is 0 Å². The Morgan fingerprint density at radius 3 is 1.48 bits per heavy atom. The summed E-state index contributed by atoms with van der Waals surface area (Å²) in [5.74, 6) is 0. The number of pyridine rings is 2. The highest BCUT2D eigenvalue weighted by Crippen LogP contribution is 2.62. The first kappa shape index (κ1) is 35.2. The van der Waals surface area contributed by atoms with E-state index in [0.717, 1.165) is 24.2 Å². The molecule has 2 unspecified atom stereocenters. The molecule has 4 heterocycles. The van der Waals surface area contributed by atoms with Crippen LogP contribution in [0, 0.1) is 6.92 Å². The molecule has 0 aliphatic carbocycles. The second kappa shape index (κ2) is 13.6. The van der Waals surface area contributed by atoms with Crippen LogP contribution in [0.2, 0.25) is 0 Å². The average molecular weight is 775 g/mol. The summed E-state index contributed by atoms with van der Waals surface area (Å²) < 4.78 is 2.55. The van der Waals surface area contributed by atoms with Crippen LogP contribution < -0.4 is 26.1 Å². The van der Waals surface area contributed by atoms with Gasteiger partial charge in [-0.15, -0.1) is 0 Å². The van der Waals surface area contributed by atoms with Crippen LogP contribution in [0.15, 0.2) is 146 Å². The summed E-state index contributed by atoms with van der Waals surface area (Å²) in [7, 11) is 0. The summed E-state index contributed by atoms with van der Waals surface area (Å²) in [4.78, 5) is 11.0. The van der Waals surface area contributed by atoms with Gasteiger partial charge in [-0.1, -0.05) is 86.0 Å². The quantitative estimate of drug-likeness (QED) is 0.150. The first-order valence-electron chi connectivity index (χ1n) is 18.4. The average Bonchev–Trinajstić information content (AvgIpc) is 3.22. The highest BCUT2D eigenvalue weighted by Gasteiger charge is 2.45. The molecule has 7 aromatic rings. The maximum absolute atomic E-state index is 7.13. The molecule has 0 saturated heterocycles. The molecule has 0 spiro atoms. The molecule has 0 amide bonds. The highest BCUT2D eigenvalue weighted by molar-refractivity contribution is 8.22. The van der Waals surface area contributed by atoms with Crippen LogP contribution in [0.1, 0.15) is 19.4 Å². The van der Waals surface area contributed by atoms with Gasteiger partial charge in [0.25, 0.3) is 0 Å². The van der Waals surface area contributed by atoms with Crippen molar-refractivity contribution < 1.29 is 0 Å². The summed E-state index contributed by atoms with van der Waals surface area (Å²) in [5.41, 5.74) is 14.1. The van der Waals surface area contributed by atoms with E-state index >= 15 is 0 Å². The number of nitrogens with zero attached hydrogens (tertiary/aromatic N) is 4. The van der Waals surface area contributed by atoms with E-state index in [1.807, 2.05) is 24.8 Å². The number of aromatic nitrogens is 2. The van der Waals surface area contributed by atoms with Gasteiger partial charge in [-0.05, 0) is 136 Å². The Labute approximate surface area is 328 Å². The molecule has 266 valence electrons. The summed E-state index contributed by atoms with van der Waals surface area (Å²) >= 11 is 14.0. The van der Waals surface area contributed by atoms with Crippen molar-refractivity contribution in [3.05, 3.63) is 152 Å². The number of hydrogen-bond donors (Lipinski definition) is 0. The first-order valence-corrected chi connectivity index (χ1v) is 24.4. The van der Waals surface area contributed by atoms with Gasteiger partial charge in [0.15, 0.2) is 0 Å². The van der Waals surface area contributed by atoms with Crippen LogP contribution in [0.25, 0.3) is 44.5 Å². The van der Waals surface area contributed by atoms with Gasteiger partial charge in [0.05, 0.1) is 23.3 Å². The monoisotopic (exact) mass is 774 g/mol. The topological polar surface area (TPSA) is 32.3 Å². The van der Waals surface area contributed by atoms with E-state index in [9.17, 15) is 0 Å². The van der Waals surface area contributed by atoms with Crippen molar-refractivity contribution in [1.29, 1.82) is 0 Å². The number of rotatable bonds is 7. The van der Waals surface area contributed by atoms with Crippen LogP contribution >= 0.6 is 12.2 Å². The SMILES string of the molecule is CCN(CC)P1(=S)c2cc(-c3cccc(-c4ccncc4)c3)ccc2N2c3ccc(-c4cccc(-c5ccncc5)c4)cc3P(C)(=S)c3cc(C)cc1c32. The minimum absolute atomic E-state index is 0.872. The zero-order valence-electron chi connectivity index (χ0n) is 30.8. The van der Waals surface area contributed by atoms with Crippen molar-refractivity contribution in [2.45, 2.75) is 20.8 Å². The molecule has 0 radical (unpaired) electrons. The Hall–Kier alpha value is -4.54. The van der Waals surface area contributed by atoms with E-state index < -0.39 is 12.2 Å². The third kappa shape index (κ3) is 5.58. The Balaban J connectivity index is 1.26. The number of aryl methyl sites for hydroxylation is 1. The molecule has 5 aromatic carbocycles. The molecule has 9 rings (SSSR count). The normalized spacial score (nSPS) is 18.2. The molecule has 0 N–H and O–H groups in total. The van der Waals surface area contributed by atoms with Crippen LogP contribution in [0.4, 0.5) is 17.1 Å². The van der Waals surface area contributed by atoms with E-state index in [-0.39, 0.29) is 0 Å². The fraction of sp³-hybridized carbons (Fsp3) is 0.130. The standard InChI is InChI=1S/C46H40N4P2S2/c1-5-49(6-2)52(54)43-30-39(37-12-8-10-35(28-37)33-19-23-48-24-20-33)14-16-41(43)50-40-15-13-38(36-11-7-9-34(27-36)32-17-21-47-22-18-32)29-42(40)51(4,53)44-25-31(3)26-45(52)46(44)50/h7-30H,5-6H2,1-4H3.